The average Bonchev–Trinajstić information content (AvgIpc) is 2.14. The summed E-state index contributed by atoms with van der Waals surface area (Å²) in [7, 11) is 3.64. The van der Waals surface area contributed by atoms with E-state index < -0.39 is 11.9 Å². The van der Waals surface area contributed by atoms with Crippen molar-refractivity contribution in [1.29, 1.82) is 0 Å². The van der Waals surface area contributed by atoms with E-state index in [1.165, 1.54) is 9.80 Å². The van der Waals surface area contributed by atoms with Crippen molar-refractivity contribution in [2.75, 3.05) is 33.1 Å². The smallest absolute Gasteiger partial charge is 0.549 e. The summed E-state index contributed by atoms with van der Waals surface area (Å²) in [6, 6.07) is 0. The van der Waals surface area contributed by atoms with E-state index in [0.717, 1.165) is 0 Å². The molecule has 1 fully saturated rings. The van der Waals surface area contributed by atoms with Crippen LogP contribution in [0.1, 0.15) is 0 Å². The van der Waals surface area contributed by atoms with Crippen molar-refractivity contribution in [3.8, 4) is 0 Å². The molecule has 0 saturated carbocycles. The molecule has 0 amide bonds. The first kappa shape index (κ1) is 30.1. The first-order valence-electron chi connectivity index (χ1n) is 4.78. The number of carbonyl (C=O) groups is 2. The largest absolute Gasteiger partial charge is 1.00 e. The average molecular weight is 327 g/mol. The van der Waals surface area contributed by atoms with E-state index in [4.69, 9.17) is 9.59 Å². The number of rotatable bonds is 4. The maximum absolute atomic E-state index is 10.4. The number of hydrogen-bond acceptors (Lipinski definition) is 9. The molecule has 0 aromatic rings. The van der Waals surface area contributed by atoms with Gasteiger partial charge in [-0.15, -0.1) is 0 Å². The van der Waals surface area contributed by atoms with E-state index in [1.807, 2.05) is 0 Å². The number of hydrogen-bond donors (Lipinski definition) is 0. The van der Waals surface area contributed by atoms with E-state index in [2.05, 4.69) is 7.05 Å². The minimum atomic E-state index is -1.20. The van der Waals surface area contributed by atoms with Crippen LogP contribution in [0.25, 0.3) is 0 Å². The predicted octanol–water partition coefficient (Wildman–Crippen LogP) is -13.5. The molecule has 0 bridgehead atoms. The zero-order valence-electron chi connectivity index (χ0n) is 12.5. The van der Waals surface area contributed by atoms with Crippen molar-refractivity contribution in [3.05, 3.63) is 7.05 Å². The Hall–Kier alpha value is 1.20. The number of carboxylic acid groups (broad SMARTS) is 2. The van der Waals surface area contributed by atoms with Gasteiger partial charge in [-0.2, -0.15) is 9.59 Å². The predicted molar refractivity (Wildman–Crippen MR) is 50.2 cm³/mol. The molecule has 1 aliphatic rings. The van der Waals surface area contributed by atoms with Crippen LogP contribution < -0.4 is 98.9 Å². The Balaban J connectivity index is -0.000000222. The molecule has 0 N–H and O–H groups in total. The molecule has 0 aromatic carbocycles. The first-order chi connectivity index (χ1) is 8.38. The third-order valence-electron chi connectivity index (χ3n) is 1.91. The molecule has 21 heavy (non-hydrogen) atoms. The number of carboxylic acids is 2. The third-order valence-corrected chi connectivity index (χ3v) is 1.91. The summed E-state index contributed by atoms with van der Waals surface area (Å²) < 4.78 is 0. The van der Waals surface area contributed by atoms with E-state index in [1.54, 1.807) is 4.90 Å². The maximum atomic E-state index is 10.4. The number of nitrogens with zero attached hydrogens (tertiary/aromatic N) is 3. The van der Waals surface area contributed by atoms with Crippen LogP contribution in [0.15, 0.2) is 0 Å². The summed E-state index contributed by atoms with van der Waals surface area (Å²) in [5.74, 6) is -2.39. The molecule has 1 rings (SSSR count). The maximum Gasteiger partial charge on any atom is 1.00 e. The summed E-state index contributed by atoms with van der Waals surface area (Å²) in [4.78, 5) is 41.6. The van der Waals surface area contributed by atoms with Gasteiger partial charge in [-0.3, -0.25) is 16.8 Å². The molecule has 102 valence electrons. The monoisotopic (exact) mass is 327 g/mol. The summed E-state index contributed by atoms with van der Waals surface area (Å²) in [6.07, 6.45) is 0.250. The molecule has 0 aliphatic carbocycles. The molecule has 9 nitrogen and oxygen atoms in total. The van der Waals surface area contributed by atoms with Crippen molar-refractivity contribution < 1.29 is 118 Å². The summed E-state index contributed by atoms with van der Waals surface area (Å²) >= 11 is 0. The van der Waals surface area contributed by atoms with Crippen molar-refractivity contribution in [2.24, 2.45) is 0 Å². The molecule has 12 heteroatoms. The Morgan fingerprint density at radius 1 is 0.905 bits per heavy atom. The van der Waals surface area contributed by atoms with Crippen molar-refractivity contribution >= 4 is 18.1 Å². The quantitative estimate of drug-likeness (QED) is 0.365. The van der Waals surface area contributed by atoms with Gasteiger partial charge in [0.1, 0.15) is 0 Å². The van der Waals surface area contributed by atoms with E-state index in [9.17, 15) is 19.8 Å². The Morgan fingerprint density at radius 3 is 1.43 bits per heavy atom. The molecule has 0 aromatic heterocycles. The van der Waals surface area contributed by atoms with Crippen LogP contribution >= 0.6 is 0 Å². The van der Waals surface area contributed by atoms with Gasteiger partial charge in [0.05, 0.1) is 18.6 Å². The standard InChI is InChI=1S/C8H14N3O4.CO2.3Na/c1-9-4-10(2-7(12)13)6-11(5-9)3-8(14)15;2-1-3;;;/h1-6H2,(H,12,13)(H,14,15);;;;/q-1;;3*+1/p-2. The zero-order chi connectivity index (χ0) is 14.1. The van der Waals surface area contributed by atoms with Crippen molar-refractivity contribution in [3.63, 3.8) is 0 Å². The normalized spacial score (nSPS) is 14.9. The van der Waals surface area contributed by atoms with Crippen LogP contribution in [0.5, 0.6) is 0 Å². The molecule has 1 aliphatic heterocycles. The Labute approximate surface area is 188 Å². The zero-order valence-corrected chi connectivity index (χ0v) is 18.5. The van der Waals surface area contributed by atoms with Crippen LogP contribution in [0.2, 0.25) is 0 Å². The van der Waals surface area contributed by atoms with E-state index >= 15 is 0 Å². The second-order valence-electron chi connectivity index (χ2n) is 3.58. The van der Waals surface area contributed by atoms with Gasteiger partial charge in [0.2, 0.25) is 0 Å². The Bertz CT molecular complexity index is 317. The van der Waals surface area contributed by atoms with Gasteiger partial charge in [0.25, 0.3) is 0 Å². The number of carbonyl (C=O) groups excluding carboxylic acids is 4. The fourth-order valence-electron chi connectivity index (χ4n) is 1.55. The molecule has 1 heterocycles. The molecule has 0 unspecified atom stereocenters. The van der Waals surface area contributed by atoms with Crippen LogP contribution in [-0.2, 0) is 19.2 Å². The first-order valence-corrected chi connectivity index (χ1v) is 4.78. The van der Waals surface area contributed by atoms with Crippen molar-refractivity contribution in [1.82, 2.24) is 14.7 Å². The van der Waals surface area contributed by atoms with Crippen molar-refractivity contribution in [2.45, 2.75) is 0 Å². The minimum Gasteiger partial charge on any atom is -0.549 e. The Morgan fingerprint density at radius 2 is 1.19 bits per heavy atom. The fourth-order valence-corrected chi connectivity index (χ4v) is 1.55. The number of aliphatic carboxylic acids is 2. The second kappa shape index (κ2) is 17.6. The molecule has 1 saturated heterocycles. The third kappa shape index (κ3) is 17.4. The van der Waals surface area contributed by atoms with E-state index in [0.29, 0.717) is 13.3 Å². The summed E-state index contributed by atoms with van der Waals surface area (Å²) in [6.45, 7) is 0.522. The molecular weight excluding hydrogens is 315 g/mol. The van der Waals surface area contributed by atoms with Crippen LogP contribution in [0, 0.1) is 7.05 Å². The van der Waals surface area contributed by atoms with Gasteiger partial charge in [-0.25, -0.2) is 0 Å². The van der Waals surface area contributed by atoms with Gasteiger partial charge in [-0.1, -0.05) is 0 Å². The van der Waals surface area contributed by atoms with Gasteiger partial charge in [0, 0.05) is 26.4 Å². The second-order valence-corrected chi connectivity index (χ2v) is 3.58. The van der Waals surface area contributed by atoms with Crippen LogP contribution in [0.4, 0.5) is 0 Å². The van der Waals surface area contributed by atoms with Gasteiger partial charge in [0.15, 0.2) is 0 Å². The molecular formula is C9H12N3Na3O6. The van der Waals surface area contributed by atoms with Crippen LogP contribution in [0.3, 0.4) is 0 Å². The molecule has 0 atom stereocenters. The van der Waals surface area contributed by atoms with E-state index in [-0.39, 0.29) is 115 Å². The molecule has 0 spiro atoms. The fraction of sp³-hybridized carbons (Fsp3) is 0.556. The van der Waals surface area contributed by atoms with Gasteiger partial charge >= 0.3 is 94.8 Å². The SMILES string of the molecule is O=C=O.[CH2-]N1CN(CC(=O)[O-])CN(CC(=O)[O-])C1.[Na+].[Na+].[Na+]. The molecule has 0 radical (unpaired) electrons. The Kier molecular flexibility index (Phi) is 25.2. The van der Waals surface area contributed by atoms with Gasteiger partial charge < -0.3 is 24.7 Å². The summed E-state index contributed by atoms with van der Waals surface area (Å²) in [5.41, 5.74) is 0. The topological polar surface area (TPSA) is 124 Å². The van der Waals surface area contributed by atoms with Gasteiger partial charge in [-0.05, 0) is 0 Å². The minimum absolute atomic E-state index is 0. The van der Waals surface area contributed by atoms with Crippen LogP contribution in [-0.4, -0.2) is 65.9 Å². The summed E-state index contributed by atoms with van der Waals surface area (Å²) in [5, 5.41) is 20.7.